The van der Waals surface area contributed by atoms with E-state index in [1.54, 1.807) is 7.11 Å². The summed E-state index contributed by atoms with van der Waals surface area (Å²) < 4.78 is 5.30. The SMILES string of the molecule is CCN1CCC(N2CCC[C@@H](C(=O)c3ccc4cc(OC)ccc4c3)C2)CC1. The maximum Gasteiger partial charge on any atom is 0.167 e. The Morgan fingerprint density at radius 3 is 2.54 bits per heavy atom. The number of ether oxygens (including phenoxy) is 1. The Morgan fingerprint density at radius 2 is 1.79 bits per heavy atom. The fraction of sp³-hybridized carbons (Fsp3) is 0.542. The minimum absolute atomic E-state index is 0.133. The molecular formula is C24H32N2O2. The van der Waals surface area contributed by atoms with Gasteiger partial charge < -0.3 is 9.64 Å². The average Bonchev–Trinajstić information content (AvgIpc) is 2.78. The van der Waals surface area contributed by atoms with Crippen molar-refractivity contribution in [3.8, 4) is 5.75 Å². The average molecular weight is 381 g/mol. The van der Waals surface area contributed by atoms with Gasteiger partial charge in [0.1, 0.15) is 5.75 Å². The van der Waals surface area contributed by atoms with Gasteiger partial charge in [-0.1, -0.05) is 25.1 Å². The Hall–Kier alpha value is -1.91. The number of hydrogen-bond donors (Lipinski definition) is 0. The molecule has 0 unspecified atom stereocenters. The van der Waals surface area contributed by atoms with E-state index in [4.69, 9.17) is 4.74 Å². The summed E-state index contributed by atoms with van der Waals surface area (Å²) in [6.07, 6.45) is 4.64. The van der Waals surface area contributed by atoms with Crippen molar-refractivity contribution >= 4 is 16.6 Å². The maximum absolute atomic E-state index is 13.2. The largest absolute Gasteiger partial charge is 0.497 e. The topological polar surface area (TPSA) is 32.8 Å². The monoisotopic (exact) mass is 380 g/mol. The number of nitrogens with zero attached hydrogens (tertiary/aromatic N) is 2. The van der Waals surface area contributed by atoms with Gasteiger partial charge in [0.05, 0.1) is 7.11 Å². The molecule has 0 amide bonds. The van der Waals surface area contributed by atoms with Gasteiger partial charge >= 0.3 is 0 Å². The highest BCUT2D eigenvalue weighted by Crippen LogP contribution is 2.28. The number of hydrogen-bond acceptors (Lipinski definition) is 4. The first-order valence-electron chi connectivity index (χ1n) is 10.8. The number of carbonyl (C=O) groups excluding carboxylic acids is 1. The Kier molecular flexibility index (Phi) is 5.98. The number of Topliss-reactive ketones (excluding diaryl/α,β-unsaturated/α-hetero) is 1. The lowest BCUT2D eigenvalue weighted by Gasteiger charge is -2.42. The Morgan fingerprint density at radius 1 is 1.04 bits per heavy atom. The molecule has 2 saturated heterocycles. The number of fused-ring (bicyclic) bond motifs is 1. The molecule has 2 heterocycles. The van der Waals surface area contributed by atoms with Crippen LogP contribution in [0.1, 0.15) is 43.0 Å². The third kappa shape index (κ3) is 4.08. The third-order valence-corrected chi connectivity index (χ3v) is 6.68. The van der Waals surface area contributed by atoms with E-state index in [2.05, 4.69) is 22.8 Å². The number of likely N-dealkylation sites (tertiary alicyclic amines) is 2. The summed E-state index contributed by atoms with van der Waals surface area (Å²) in [5.41, 5.74) is 0.852. The Labute approximate surface area is 168 Å². The molecule has 2 aromatic carbocycles. The zero-order chi connectivity index (χ0) is 19.5. The van der Waals surface area contributed by atoms with Crippen molar-refractivity contribution in [2.24, 2.45) is 5.92 Å². The summed E-state index contributed by atoms with van der Waals surface area (Å²) in [7, 11) is 1.68. The first kappa shape index (κ1) is 19.4. The summed E-state index contributed by atoms with van der Waals surface area (Å²) >= 11 is 0. The summed E-state index contributed by atoms with van der Waals surface area (Å²) in [6, 6.07) is 12.8. The fourth-order valence-corrected chi connectivity index (χ4v) is 4.89. The number of carbonyl (C=O) groups is 1. The predicted octanol–water partition coefficient (Wildman–Crippen LogP) is 4.23. The Bertz CT molecular complexity index is 826. The van der Waals surface area contributed by atoms with Crippen LogP contribution in [0.15, 0.2) is 36.4 Å². The maximum atomic E-state index is 13.2. The lowest BCUT2D eigenvalue weighted by molar-refractivity contribution is 0.0605. The summed E-state index contributed by atoms with van der Waals surface area (Å²) in [6.45, 7) is 7.88. The van der Waals surface area contributed by atoms with Crippen LogP contribution in [-0.2, 0) is 0 Å². The van der Waals surface area contributed by atoms with Gasteiger partial charge in [0.15, 0.2) is 5.78 Å². The van der Waals surface area contributed by atoms with Crippen LogP contribution >= 0.6 is 0 Å². The molecule has 150 valence electrons. The first-order chi connectivity index (χ1) is 13.7. The van der Waals surface area contributed by atoms with Crippen molar-refractivity contribution in [1.82, 2.24) is 9.80 Å². The van der Waals surface area contributed by atoms with Gasteiger partial charge in [0.25, 0.3) is 0 Å². The molecule has 0 aromatic heterocycles. The van der Waals surface area contributed by atoms with Crippen LogP contribution in [0.4, 0.5) is 0 Å². The lowest BCUT2D eigenvalue weighted by atomic mass is 9.87. The molecule has 2 aliphatic heterocycles. The van der Waals surface area contributed by atoms with Crippen molar-refractivity contribution in [3.05, 3.63) is 42.0 Å². The molecule has 0 radical (unpaired) electrons. The summed E-state index contributed by atoms with van der Waals surface area (Å²) in [4.78, 5) is 18.4. The Balaban J connectivity index is 1.44. The van der Waals surface area contributed by atoms with Gasteiger partial charge in [0, 0.05) is 24.1 Å². The van der Waals surface area contributed by atoms with Gasteiger partial charge in [-0.15, -0.1) is 0 Å². The second kappa shape index (κ2) is 8.62. The predicted molar refractivity (Wildman–Crippen MR) is 114 cm³/mol. The third-order valence-electron chi connectivity index (χ3n) is 6.68. The van der Waals surface area contributed by atoms with Gasteiger partial charge in [0.2, 0.25) is 0 Å². The summed E-state index contributed by atoms with van der Waals surface area (Å²) in [5, 5.41) is 2.22. The normalized spacial score (nSPS) is 22.4. The number of piperidine rings is 2. The van der Waals surface area contributed by atoms with Gasteiger partial charge in [-0.25, -0.2) is 0 Å². The van der Waals surface area contributed by atoms with Crippen LogP contribution in [0.3, 0.4) is 0 Å². The number of methoxy groups -OCH3 is 1. The van der Waals surface area contributed by atoms with Crippen LogP contribution < -0.4 is 4.74 Å². The van der Waals surface area contributed by atoms with Gasteiger partial charge in [-0.2, -0.15) is 0 Å². The highest BCUT2D eigenvalue weighted by atomic mass is 16.5. The van der Waals surface area contributed by atoms with Crippen LogP contribution in [0.5, 0.6) is 5.75 Å². The standard InChI is InChI=1S/C24H32N2O2/c1-3-25-13-10-22(11-14-25)26-12-4-5-21(17-26)24(27)20-7-6-19-16-23(28-2)9-8-18(19)15-20/h6-9,15-16,21-22H,3-5,10-14,17H2,1-2H3/t21-/m1/s1. The molecular weight excluding hydrogens is 348 g/mol. The molecule has 2 aromatic rings. The highest BCUT2D eigenvalue weighted by molar-refractivity contribution is 6.01. The van der Waals surface area contributed by atoms with Crippen molar-refractivity contribution in [1.29, 1.82) is 0 Å². The van der Waals surface area contributed by atoms with Crippen molar-refractivity contribution < 1.29 is 9.53 Å². The van der Waals surface area contributed by atoms with E-state index in [9.17, 15) is 4.79 Å². The molecule has 2 aliphatic rings. The van der Waals surface area contributed by atoms with E-state index < -0.39 is 0 Å². The van der Waals surface area contributed by atoms with E-state index in [1.807, 2.05) is 30.3 Å². The van der Waals surface area contributed by atoms with Crippen molar-refractivity contribution in [3.63, 3.8) is 0 Å². The van der Waals surface area contributed by atoms with E-state index in [0.717, 1.165) is 54.6 Å². The zero-order valence-electron chi connectivity index (χ0n) is 17.2. The molecule has 2 fully saturated rings. The zero-order valence-corrected chi connectivity index (χ0v) is 17.2. The van der Waals surface area contributed by atoms with Crippen LogP contribution in [0.25, 0.3) is 10.8 Å². The number of benzene rings is 2. The first-order valence-corrected chi connectivity index (χ1v) is 10.8. The van der Waals surface area contributed by atoms with E-state index in [-0.39, 0.29) is 5.92 Å². The molecule has 0 spiro atoms. The molecule has 4 heteroatoms. The molecule has 0 N–H and O–H groups in total. The van der Waals surface area contributed by atoms with E-state index >= 15 is 0 Å². The molecule has 0 bridgehead atoms. The summed E-state index contributed by atoms with van der Waals surface area (Å²) in [5.74, 6) is 1.30. The molecule has 0 aliphatic carbocycles. The second-order valence-electron chi connectivity index (χ2n) is 8.29. The van der Waals surface area contributed by atoms with Crippen LogP contribution in [-0.4, -0.2) is 61.5 Å². The molecule has 0 saturated carbocycles. The minimum atomic E-state index is 0.133. The lowest BCUT2D eigenvalue weighted by Crippen LogP contribution is -2.49. The second-order valence-corrected chi connectivity index (χ2v) is 8.29. The molecule has 1 atom stereocenters. The molecule has 4 rings (SSSR count). The fourth-order valence-electron chi connectivity index (χ4n) is 4.89. The molecule has 4 nitrogen and oxygen atoms in total. The highest BCUT2D eigenvalue weighted by Gasteiger charge is 2.31. The molecule has 28 heavy (non-hydrogen) atoms. The quantitative estimate of drug-likeness (QED) is 0.727. The minimum Gasteiger partial charge on any atom is -0.497 e. The van der Waals surface area contributed by atoms with Crippen molar-refractivity contribution in [2.45, 2.75) is 38.6 Å². The van der Waals surface area contributed by atoms with Gasteiger partial charge in [-0.05, 0) is 80.8 Å². The van der Waals surface area contributed by atoms with Crippen molar-refractivity contribution in [2.75, 3.05) is 39.8 Å². The van der Waals surface area contributed by atoms with E-state index in [1.165, 1.54) is 25.9 Å². The smallest absolute Gasteiger partial charge is 0.167 e. The van der Waals surface area contributed by atoms with E-state index in [0.29, 0.717) is 11.8 Å². The number of ketones is 1. The number of rotatable bonds is 5. The van der Waals surface area contributed by atoms with Gasteiger partial charge in [-0.3, -0.25) is 9.69 Å². The van der Waals surface area contributed by atoms with Crippen LogP contribution in [0.2, 0.25) is 0 Å². The van der Waals surface area contributed by atoms with Crippen LogP contribution in [0, 0.1) is 5.92 Å².